The number of benzene rings is 1. The first-order valence-electron chi connectivity index (χ1n) is 9.66. The van der Waals surface area contributed by atoms with Crippen LogP contribution < -0.4 is 5.32 Å². The van der Waals surface area contributed by atoms with Crippen LogP contribution in [0.15, 0.2) is 42.7 Å². The normalized spacial score (nSPS) is 16.9. The number of carbonyl (C=O) groups is 1. The second-order valence-corrected chi connectivity index (χ2v) is 8.48. The number of amides is 2. The second-order valence-electron chi connectivity index (χ2n) is 7.19. The molecular formula is C21H25N5OS. The molecule has 1 atom stereocenters. The number of urea groups is 1. The summed E-state index contributed by atoms with van der Waals surface area (Å²) in [7, 11) is 1.91. The van der Waals surface area contributed by atoms with E-state index in [0.29, 0.717) is 6.54 Å². The molecule has 1 aliphatic heterocycles. The minimum atomic E-state index is -0.0253. The van der Waals surface area contributed by atoms with Crippen molar-refractivity contribution in [1.82, 2.24) is 25.0 Å². The van der Waals surface area contributed by atoms with Gasteiger partial charge in [-0.1, -0.05) is 30.3 Å². The number of likely N-dealkylation sites (tertiary alicyclic amines) is 1. The molecule has 0 aliphatic carbocycles. The predicted molar refractivity (Wildman–Crippen MR) is 111 cm³/mol. The van der Waals surface area contributed by atoms with Gasteiger partial charge in [0.2, 0.25) is 0 Å². The largest absolute Gasteiger partial charge is 0.331 e. The summed E-state index contributed by atoms with van der Waals surface area (Å²) in [5, 5.41) is 8.28. The van der Waals surface area contributed by atoms with Crippen molar-refractivity contribution >= 4 is 17.4 Å². The lowest BCUT2D eigenvalue weighted by Gasteiger charge is -2.35. The van der Waals surface area contributed by atoms with Crippen LogP contribution in [-0.4, -0.2) is 32.2 Å². The summed E-state index contributed by atoms with van der Waals surface area (Å²) in [6, 6.07) is 10.2. The topological polar surface area (TPSA) is 63.1 Å². The van der Waals surface area contributed by atoms with Gasteiger partial charge in [-0.05, 0) is 26.2 Å². The second kappa shape index (κ2) is 8.14. The number of nitrogens with one attached hydrogen (secondary N) is 1. The van der Waals surface area contributed by atoms with Crippen LogP contribution in [0.5, 0.6) is 0 Å². The van der Waals surface area contributed by atoms with Crippen molar-refractivity contribution < 1.29 is 4.79 Å². The van der Waals surface area contributed by atoms with Crippen molar-refractivity contribution in [2.24, 2.45) is 7.05 Å². The van der Waals surface area contributed by atoms with Gasteiger partial charge in [0.25, 0.3) is 0 Å². The van der Waals surface area contributed by atoms with E-state index in [9.17, 15) is 4.79 Å². The van der Waals surface area contributed by atoms with Crippen LogP contribution in [0.25, 0.3) is 11.3 Å². The number of hydrogen-bond donors (Lipinski definition) is 1. The van der Waals surface area contributed by atoms with Crippen LogP contribution in [-0.2, 0) is 13.6 Å². The zero-order valence-electron chi connectivity index (χ0n) is 16.3. The molecule has 146 valence electrons. The van der Waals surface area contributed by atoms with E-state index in [2.05, 4.69) is 29.5 Å². The Morgan fingerprint density at radius 2 is 2.11 bits per heavy atom. The molecule has 1 aliphatic rings. The Morgan fingerprint density at radius 1 is 1.29 bits per heavy atom. The van der Waals surface area contributed by atoms with Gasteiger partial charge in [-0.3, -0.25) is 4.68 Å². The minimum Gasteiger partial charge on any atom is -0.331 e. The molecule has 4 rings (SSSR count). The van der Waals surface area contributed by atoms with Crippen LogP contribution in [0, 0.1) is 6.92 Å². The molecule has 0 bridgehead atoms. The van der Waals surface area contributed by atoms with E-state index in [-0.39, 0.29) is 12.1 Å². The van der Waals surface area contributed by atoms with Crippen molar-refractivity contribution in [1.29, 1.82) is 0 Å². The standard InChI is InChI=1S/C21H25N5OS/c1-15-20(16-8-4-3-5-9-16)24-19(28-15)13-22-21(27)26-11-7-6-10-18(26)17-12-23-25(2)14-17/h3-5,8-9,12,14,18H,6-7,10-11,13H2,1-2H3,(H,22,27). The van der Waals surface area contributed by atoms with Crippen LogP contribution in [0.1, 0.15) is 40.8 Å². The summed E-state index contributed by atoms with van der Waals surface area (Å²) >= 11 is 1.64. The predicted octanol–water partition coefficient (Wildman–Crippen LogP) is 4.29. The molecule has 0 radical (unpaired) electrons. The Kier molecular flexibility index (Phi) is 5.43. The van der Waals surface area contributed by atoms with Crippen molar-refractivity contribution in [2.45, 2.75) is 38.8 Å². The Labute approximate surface area is 169 Å². The van der Waals surface area contributed by atoms with Gasteiger partial charge >= 0.3 is 6.03 Å². The lowest BCUT2D eigenvalue weighted by molar-refractivity contribution is 0.151. The van der Waals surface area contributed by atoms with Gasteiger partial charge < -0.3 is 10.2 Å². The monoisotopic (exact) mass is 395 g/mol. The molecule has 0 spiro atoms. The van der Waals surface area contributed by atoms with Crippen molar-refractivity contribution in [3.63, 3.8) is 0 Å². The van der Waals surface area contributed by atoms with Gasteiger partial charge in [-0.2, -0.15) is 5.10 Å². The van der Waals surface area contributed by atoms with E-state index in [1.165, 1.54) is 4.88 Å². The molecular weight excluding hydrogens is 370 g/mol. The maximum atomic E-state index is 12.9. The van der Waals surface area contributed by atoms with E-state index in [4.69, 9.17) is 4.98 Å². The van der Waals surface area contributed by atoms with Crippen molar-refractivity contribution in [3.8, 4) is 11.3 Å². The molecule has 2 aromatic heterocycles. The van der Waals surface area contributed by atoms with Crippen molar-refractivity contribution in [2.75, 3.05) is 6.54 Å². The summed E-state index contributed by atoms with van der Waals surface area (Å²) in [5.74, 6) is 0. The third-order valence-corrected chi connectivity index (χ3v) is 6.12. The SMILES string of the molecule is Cc1sc(CNC(=O)N2CCCCC2c2cnn(C)c2)nc1-c1ccccc1. The molecule has 1 saturated heterocycles. The number of aromatic nitrogens is 3. The van der Waals surface area contributed by atoms with E-state index in [1.807, 2.05) is 42.5 Å². The fourth-order valence-corrected chi connectivity index (χ4v) is 4.67. The van der Waals surface area contributed by atoms with Gasteiger partial charge in [0.15, 0.2) is 0 Å². The zero-order chi connectivity index (χ0) is 19.5. The Bertz CT molecular complexity index is 949. The van der Waals surface area contributed by atoms with E-state index < -0.39 is 0 Å². The third-order valence-electron chi connectivity index (χ3n) is 5.15. The van der Waals surface area contributed by atoms with Crippen molar-refractivity contribution in [3.05, 3.63) is 58.2 Å². The first kappa shape index (κ1) is 18.7. The highest BCUT2D eigenvalue weighted by Gasteiger charge is 2.28. The average molecular weight is 396 g/mol. The molecule has 3 aromatic rings. The van der Waals surface area contributed by atoms with Gasteiger partial charge in [-0.15, -0.1) is 11.3 Å². The molecule has 28 heavy (non-hydrogen) atoms. The Hall–Kier alpha value is -2.67. The smallest absolute Gasteiger partial charge is 0.318 e. The lowest BCUT2D eigenvalue weighted by atomic mass is 9.98. The van der Waals surface area contributed by atoms with Crippen LogP contribution >= 0.6 is 11.3 Å². The Balaban J connectivity index is 1.44. The highest BCUT2D eigenvalue weighted by atomic mass is 32.1. The minimum absolute atomic E-state index is 0.0253. The van der Waals surface area contributed by atoms with Gasteiger partial charge in [0, 0.05) is 35.8 Å². The average Bonchev–Trinajstić information content (AvgIpc) is 3.32. The van der Waals surface area contributed by atoms with Gasteiger partial charge in [0.1, 0.15) is 5.01 Å². The zero-order valence-corrected chi connectivity index (χ0v) is 17.1. The molecule has 2 amide bonds. The maximum Gasteiger partial charge on any atom is 0.318 e. The molecule has 0 saturated carbocycles. The molecule has 1 unspecified atom stereocenters. The fraction of sp³-hybridized carbons (Fsp3) is 0.381. The molecule has 1 N–H and O–H groups in total. The molecule has 3 heterocycles. The first-order chi connectivity index (χ1) is 13.6. The highest BCUT2D eigenvalue weighted by Crippen LogP contribution is 2.31. The first-order valence-corrected chi connectivity index (χ1v) is 10.5. The van der Waals surface area contributed by atoms with Gasteiger partial charge in [-0.25, -0.2) is 9.78 Å². The maximum absolute atomic E-state index is 12.9. The summed E-state index contributed by atoms with van der Waals surface area (Å²) < 4.78 is 1.80. The quantitative estimate of drug-likeness (QED) is 0.717. The van der Waals surface area contributed by atoms with Crippen LogP contribution in [0.2, 0.25) is 0 Å². The summed E-state index contributed by atoms with van der Waals surface area (Å²) in [6.07, 6.45) is 7.03. The molecule has 1 fully saturated rings. The molecule has 6 nitrogen and oxygen atoms in total. The fourth-order valence-electron chi connectivity index (χ4n) is 3.78. The number of rotatable bonds is 4. The van der Waals surface area contributed by atoms with E-state index in [1.54, 1.807) is 16.0 Å². The lowest BCUT2D eigenvalue weighted by Crippen LogP contribution is -2.44. The number of hydrogen-bond acceptors (Lipinski definition) is 4. The summed E-state index contributed by atoms with van der Waals surface area (Å²) in [5.41, 5.74) is 3.22. The van der Waals surface area contributed by atoms with E-state index >= 15 is 0 Å². The van der Waals surface area contributed by atoms with Gasteiger partial charge in [0.05, 0.1) is 24.5 Å². The van der Waals surface area contributed by atoms with Crippen LogP contribution in [0.3, 0.4) is 0 Å². The van der Waals surface area contributed by atoms with E-state index in [0.717, 1.165) is 47.6 Å². The van der Waals surface area contributed by atoms with Crippen LogP contribution in [0.4, 0.5) is 4.79 Å². The summed E-state index contributed by atoms with van der Waals surface area (Å²) in [4.78, 5) is 20.7. The number of thiazole rings is 1. The number of piperidine rings is 1. The summed E-state index contributed by atoms with van der Waals surface area (Å²) in [6.45, 7) is 3.30. The number of aryl methyl sites for hydroxylation is 2. The molecule has 1 aromatic carbocycles. The molecule has 7 heteroatoms. The highest BCUT2D eigenvalue weighted by molar-refractivity contribution is 7.12. The number of carbonyl (C=O) groups excluding carboxylic acids is 1. The number of nitrogens with zero attached hydrogens (tertiary/aromatic N) is 4. The third kappa shape index (κ3) is 3.94. The Morgan fingerprint density at radius 3 is 2.86 bits per heavy atom.